The fraction of sp³-hybridized carbons (Fsp3) is 0.200. The molecule has 7 nitrogen and oxygen atoms in total. The Balaban J connectivity index is 2.16. The van der Waals surface area contributed by atoms with Gasteiger partial charge in [0.05, 0.1) is 9.82 Å². The Kier molecular flexibility index (Phi) is 5.27. The molecule has 2 aromatic carbocycles. The SMILES string of the molecule is CN(CC(N)c1ccc(F)cc1)S(=O)(=O)c1ccc([N+](=O)[O-])cc1. The van der Waals surface area contributed by atoms with Gasteiger partial charge < -0.3 is 5.73 Å². The van der Waals surface area contributed by atoms with Crippen LogP contribution in [0.4, 0.5) is 10.1 Å². The second kappa shape index (κ2) is 7.04. The lowest BCUT2D eigenvalue weighted by atomic mass is 10.1. The summed E-state index contributed by atoms with van der Waals surface area (Å²) in [6.45, 7) is -0.0229. The molecule has 0 aromatic heterocycles. The van der Waals surface area contributed by atoms with E-state index in [1.807, 2.05) is 0 Å². The lowest BCUT2D eigenvalue weighted by molar-refractivity contribution is -0.384. The quantitative estimate of drug-likeness (QED) is 0.632. The second-order valence-electron chi connectivity index (χ2n) is 5.19. The van der Waals surface area contributed by atoms with Crippen molar-refractivity contribution in [2.24, 2.45) is 5.73 Å². The van der Waals surface area contributed by atoms with Crippen molar-refractivity contribution >= 4 is 15.7 Å². The van der Waals surface area contributed by atoms with E-state index < -0.39 is 26.8 Å². The third-order valence-corrected chi connectivity index (χ3v) is 5.35. The van der Waals surface area contributed by atoms with Crippen LogP contribution in [0.5, 0.6) is 0 Å². The third kappa shape index (κ3) is 3.94. The summed E-state index contributed by atoms with van der Waals surface area (Å²) in [5.41, 5.74) is 6.37. The number of benzene rings is 2. The lowest BCUT2D eigenvalue weighted by Gasteiger charge is -2.21. The van der Waals surface area contributed by atoms with Gasteiger partial charge in [-0.25, -0.2) is 12.8 Å². The minimum atomic E-state index is -3.84. The number of likely N-dealkylation sites (N-methyl/N-ethyl adjacent to an activating group) is 1. The van der Waals surface area contributed by atoms with Crippen LogP contribution in [0.2, 0.25) is 0 Å². The number of non-ortho nitro benzene ring substituents is 1. The number of hydrogen-bond acceptors (Lipinski definition) is 5. The van der Waals surface area contributed by atoms with Gasteiger partial charge in [0, 0.05) is 31.8 Å². The van der Waals surface area contributed by atoms with Crippen LogP contribution in [0.15, 0.2) is 53.4 Å². The molecule has 9 heteroatoms. The van der Waals surface area contributed by atoms with E-state index >= 15 is 0 Å². The zero-order chi connectivity index (χ0) is 17.9. The average Bonchev–Trinajstić information content (AvgIpc) is 2.55. The highest BCUT2D eigenvalue weighted by atomic mass is 32.2. The van der Waals surface area contributed by atoms with Gasteiger partial charge in [0.2, 0.25) is 10.0 Å². The Morgan fingerprint density at radius 1 is 1.17 bits per heavy atom. The van der Waals surface area contributed by atoms with Gasteiger partial charge in [0.1, 0.15) is 5.82 Å². The summed E-state index contributed by atoms with van der Waals surface area (Å²) in [5.74, 6) is -0.405. The van der Waals surface area contributed by atoms with Crippen molar-refractivity contribution in [2.75, 3.05) is 13.6 Å². The van der Waals surface area contributed by atoms with Crippen LogP contribution in [0.3, 0.4) is 0 Å². The summed E-state index contributed by atoms with van der Waals surface area (Å²) in [4.78, 5) is 9.95. The second-order valence-corrected chi connectivity index (χ2v) is 7.24. The molecule has 0 saturated heterocycles. The van der Waals surface area contributed by atoms with Crippen LogP contribution in [-0.4, -0.2) is 31.2 Å². The summed E-state index contributed by atoms with van der Waals surface area (Å²) in [5, 5.41) is 10.6. The van der Waals surface area contributed by atoms with Gasteiger partial charge in [-0.05, 0) is 29.8 Å². The molecule has 0 saturated carbocycles. The van der Waals surface area contributed by atoms with Gasteiger partial charge in [0.25, 0.3) is 5.69 Å². The van der Waals surface area contributed by atoms with Crippen molar-refractivity contribution in [1.82, 2.24) is 4.31 Å². The summed E-state index contributed by atoms with van der Waals surface area (Å²) >= 11 is 0. The van der Waals surface area contributed by atoms with E-state index in [2.05, 4.69) is 0 Å². The predicted octanol–water partition coefficient (Wildman–Crippen LogP) is 2.05. The van der Waals surface area contributed by atoms with Crippen molar-refractivity contribution in [1.29, 1.82) is 0 Å². The molecular weight excluding hydrogens is 337 g/mol. The number of rotatable bonds is 6. The van der Waals surface area contributed by atoms with Crippen molar-refractivity contribution in [2.45, 2.75) is 10.9 Å². The Morgan fingerprint density at radius 2 is 1.71 bits per heavy atom. The number of halogens is 1. The van der Waals surface area contributed by atoms with Crippen LogP contribution < -0.4 is 5.73 Å². The van der Waals surface area contributed by atoms with Gasteiger partial charge in [-0.2, -0.15) is 4.31 Å². The number of nitro groups is 1. The molecule has 0 fully saturated rings. The number of hydrogen-bond donors (Lipinski definition) is 1. The van der Waals surface area contributed by atoms with Crippen LogP contribution in [0, 0.1) is 15.9 Å². The van der Waals surface area contributed by atoms with Crippen molar-refractivity contribution in [3.63, 3.8) is 0 Å². The Bertz CT molecular complexity index is 823. The maximum Gasteiger partial charge on any atom is 0.269 e. The van der Waals surface area contributed by atoms with Crippen molar-refractivity contribution in [3.8, 4) is 0 Å². The Hall–Kier alpha value is -2.36. The van der Waals surface area contributed by atoms with E-state index in [-0.39, 0.29) is 17.1 Å². The molecule has 128 valence electrons. The summed E-state index contributed by atoms with van der Waals surface area (Å²) in [6, 6.07) is 9.45. The number of nitro benzene ring substituents is 1. The topological polar surface area (TPSA) is 107 Å². The smallest absolute Gasteiger partial charge is 0.269 e. The van der Waals surface area contributed by atoms with Gasteiger partial charge in [-0.1, -0.05) is 12.1 Å². The van der Waals surface area contributed by atoms with E-state index in [4.69, 9.17) is 5.73 Å². The average molecular weight is 353 g/mol. The molecule has 24 heavy (non-hydrogen) atoms. The number of sulfonamides is 1. The molecule has 0 aliphatic heterocycles. The normalized spacial score (nSPS) is 13.0. The zero-order valence-corrected chi connectivity index (χ0v) is 13.6. The minimum Gasteiger partial charge on any atom is -0.323 e. The fourth-order valence-corrected chi connectivity index (χ4v) is 3.31. The molecule has 0 bridgehead atoms. The first-order valence-corrected chi connectivity index (χ1v) is 8.37. The minimum absolute atomic E-state index is 0.0229. The molecular formula is C15H16FN3O4S. The fourth-order valence-electron chi connectivity index (χ4n) is 2.11. The van der Waals surface area contributed by atoms with Gasteiger partial charge in [0.15, 0.2) is 0 Å². The maximum absolute atomic E-state index is 12.9. The first kappa shape index (κ1) is 18.0. The van der Waals surface area contributed by atoms with E-state index in [1.165, 1.54) is 43.4 Å². The molecule has 0 aliphatic carbocycles. The van der Waals surface area contributed by atoms with Crippen LogP contribution in [0.1, 0.15) is 11.6 Å². The summed E-state index contributed by atoms with van der Waals surface area (Å²) in [7, 11) is -2.47. The van der Waals surface area contributed by atoms with Crippen LogP contribution in [0.25, 0.3) is 0 Å². The molecule has 2 aromatic rings. The first-order valence-electron chi connectivity index (χ1n) is 6.93. The molecule has 2 rings (SSSR count). The van der Waals surface area contributed by atoms with Crippen LogP contribution in [-0.2, 0) is 10.0 Å². The standard InChI is InChI=1S/C15H16FN3O4S/c1-18(10-15(17)11-2-4-12(16)5-3-11)24(22,23)14-8-6-13(7-9-14)19(20)21/h2-9,15H,10,17H2,1H3. The van der Waals surface area contributed by atoms with Crippen LogP contribution >= 0.6 is 0 Å². The van der Waals surface area contributed by atoms with Crippen molar-refractivity contribution < 1.29 is 17.7 Å². The van der Waals surface area contributed by atoms with Gasteiger partial charge in [-0.3, -0.25) is 10.1 Å². The van der Waals surface area contributed by atoms with E-state index in [0.717, 1.165) is 16.4 Å². The third-order valence-electron chi connectivity index (χ3n) is 3.51. The highest BCUT2D eigenvalue weighted by molar-refractivity contribution is 7.89. The highest BCUT2D eigenvalue weighted by Crippen LogP contribution is 2.21. The zero-order valence-electron chi connectivity index (χ0n) is 12.8. The molecule has 0 radical (unpaired) electrons. The molecule has 0 spiro atoms. The lowest BCUT2D eigenvalue weighted by Crippen LogP contribution is -2.34. The molecule has 0 aliphatic rings. The Labute approximate surface area is 138 Å². The molecule has 1 unspecified atom stereocenters. The maximum atomic E-state index is 12.9. The summed E-state index contributed by atoms with van der Waals surface area (Å²) in [6.07, 6.45) is 0. The van der Waals surface area contributed by atoms with E-state index in [9.17, 15) is 22.9 Å². The Morgan fingerprint density at radius 3 is 2.21 bits per heavy atom. The summed E-state index contributed by atoms with van der Waals surface area (Å²) < 4.78 is 38.9. The molecule has 0 heterocycles. The highest BCUT2D eigenvalue weighted by Gasteiger charge is 2.23. The van der Waals surface area contributed by atoms with E-state index in [1.54, 1.807) is 0 Å². The van der Waals surface area contributed by atoms with E-state index in [0.29, 0.717) is 5.56 Å². The largest absolute Gasteiger partial charge is 0.323 e. The number of nitrogens with zero attached hydrogens (tertiary/aromatic N) is 2. The molecule has 1 atom stereocenters. The van der Waals surface area contributed by atoms with Crippen molar-refractivity contribution in [3.05, 3.63) is 70.0 Å². The molecule has 0 amide bonds. The molecule has 2 N–H and O–H groups in total. The monoisotopic (exact) mass is 353 g/mol. The first-order chi connectivity index (χ1) is 11.2. The number of nitrogens with two attached hydrogens (primary N) is 1. The predicted molar refractivity (Wildman–Crippen MR) is 86.2 cm³/mol. The van der Waals surface area contributed by atoms with Gasteiger partial charge in [-0.15, -0.1) is 0 Å². The van der Waals surface area contributed by atoms with Gasteiger partial charge >= 0.3 is 0 Å².